The first-order valence-electron chi connectivity index (χ1n) is 12.8. The lowest BCUT2D eigenvalue weighted by molar-refractivity contribution is -0.119. The van der Waals surface area contributed by atoms with Crippen molar-refractivity contribution in [3.8, 4) is 5.69 Å². The number of hydrogen-bond acceptors (Lipinski definition) is 5. The Bertz CT molecular complexity index is 1640. The Balaban J connectivity index is 1.61. The fourth-order valence-electron chi connectivity index (χ4n) is 5.28. The van der Waals surface area contributed by atoms with Gasteiger partial charge in [0.05, 0.1) is 34.1 Å². The summed E-state index contributed by atoms with van der Waals surface area (Å²) in [5.41, 5.74) is 5.83. The molecule has 2 aromatic heterocycles. The third-order valence-electron chi connectivity index (χ3n) is 7.02. The first kappa shape index (κ1) is 28.3. The number of carboxylic acid groups (broad SMARTS) is 1. The number of carbonyl (C=O) groups is 2. The van der Waals surface area contributed by atoms with Crippen molar-refractivity contribution in [2.75, 3.05) is 23.9 Å². The van der Waals surface area contributed by atoms with Crippen molar-refractivity contribution in [1.82, 2.24) is 14.9 Å². The van der Waals surface area contributed by atoms with Crippen molar-refractivity contribution in [2.45, 2.75) is 25.9 Å². The van der Waals surface area contributed by atoms with E-state index in [2.05, 4.69) is 21.7 Å². The third kappa shape index (κ3) is 5.54. The molecule has 0 radical (unpaired) electrons. The minimum Gasteiger partial charge on any atom is -0.478 e. The number of benzene rings is 2. The molecule has 4 aromatic rings. The Labute approximate surface area is 247 Å². The van der Waals surface area contributed by atoms with E-state index in [0.29, 0.717) is 15.8 Å². The van der Waals surface area contributed by atoms with Gasteiger partial charge < -0.3 is 29.9 Å². The van der Waals surface area contributed by atoms with Gasteiger partial charge in [-0.15, -0.1) is 0 Å². The number of thiocarbonyl (C=S) groups is 1. The van der Waals surface area contributed by atoms with E-state index in [4.69, 9.17) is 28.6 Å². The Morgan fingerprint density at radius 2 is 1.90 bits per heavy atom. The summed E-state index contributed by atoms with van der Waals surface area (Å²) in [5.74, 6) is -1.30. The number of amides is 1. The summed E-state index contributed by atoms with van der Waals surface area (Å²) >= 11 is 12.5. The van der Waals surface area contributed by atoms with Crippen molar-refractivity contribution in [2.24, 2.45) is 0 Å². The van der Waals surface area contributed by atoms with Gasteiger partial charge in [0.2, 0.25) is 5.91 Å². The number of aromatic nitrogens is 2. The molecular weight excluding hydrogens is 562 g/mol. The number of carbonyl (C=O) groups excluding carboxylic acids is 1. The van der Waals surface area contributed by atoms with Crippen molar-refractivity contribution in [3.05, 3.63) is 106 Å². The number of halogens is 1. The summed E-state index contributed by atoms with van der Waals surface area (Å²) in [5, 5.41) is 16.6. The van der Waals surface area contributed by atoms with Crippen LogP contribution in [0.1, 0.15) is 45.1 Å². The summed E-state index contributed by atoms with van der Waals surface area (Å²) < 4.78 is 6.94. The van der Waals surface area contributed by atoms with Crippen molar-refractivity contribution < 1.29 is 19.4 Å². The summed E-state index contributed by atoms with van der Waals surface area (Å²) in [7, 11) is 1.45. The molecule has 210 valence electrons. The number of aryl methyl sites for hydroxylation is 1. The van der Waals surface area contributed by atoms with E-state index in [1.54, 1.807) is 36.5 Å². The predicted octanol–water partition coefficient (Wildman–Crippen LogP) is 5.60. The molecule has 0 spiro atoms. The van der Waals surface area contributed by atoms with Crippen molar-refractivity contribution in [3.63, 3.8) is 0 Å². The fourth-order valence-corrected chi connectivity index (χ4v) is 5.85. The average molecular weight is 590 g/mol. The fraction of sp³-hybridized carbons (Fsp3) is 0.200. The Morgan fingerprint density at radius 1 is 1.10 bits per heavy atom. The van der Waals surface area contributed by atoms with E-state index in [9.17, 15) is 14.7 Å². The van der Waals surface area contributed by atoms with E-state index in [0.717, 1.165) is 34.0 Å². The Morgan fingerprint density at radius 3 is 2.59 bits per heavy atom. The van der Waals surface area contributed by atoms with Gasteiger partial charge in [-0.3, -0.25) is 9.78 Å². The molecule has 3 heterocycles. The molecular formula is C30H28ClN5O4S. The second-order valence-electron chi connectivity index (χ2n) is 9.66. The molecule has 1 aliphatic rings. The molecule has 1 fully saturated rings. The molecule has 1 amide bonds. The lowest BCUT2D eigenvalue weighted by atomic mass is 9.96. The van der Waals surface area contributed by atoms with Crippen molar-refractivity contribution in [1.29, 1.82) is 0 Å². The highest BCUT2D eigenvalue weighted by molar-refractivity contribution is 7.80. The number of carboxylic acids is 1. The molecule has 0 aliphatic carbocycles. The van der Waals surface area contributed by atoms with E-state index in [1.807, 2.05) is 53.6 Å². The molecule has 0 saturated carbocycles. The van der Waals surface area contributed by atoms with Crippen LogP contribution in [0.3, 0.4) is 0 Å². The normalized spacial score (nSPS) is 16.5. The molecule has 2 aromatic carbocycles. The van der Waals surface area contributed by atoms with Crippen LogP contribution in [0.5, 0.6) is 0 Å². The maximum Gasteiger partial charge on any atom is 0.335 e. The lowest BCUT2D eigenvalue weighted by Crippen LogP contribution is -2.29. The van der Waals surface area contributed by atoms with Crippen LogP contribution in [0.4, 0.5) is 11.4 Å². The van der Waals surface area contributed by atoms with Crippen LogP contribution < -0.4 is 15.5 Å². The molecule has 5 rings (SSSR count). The van der Waals surface area contributed by atoms with Gasteiger partial charge >= 0.3 is 5.97 Å². The standard InChI is InChI=1S/C30H28ClN5O4S/c1-17-13-22(18(2)35(17)20-8-6-7-19(14-20)29(38)39)28-27(25-9-4-5-12-32-25)34-30(41)36(28)21-10-11-24(23(31)15-21)33-26(37)16-40-3/h4-15,27-28H,16H2,1-3H3,(H,33,37)(H,34,41)(H,38,39)/t27-,28-/m0/s1. The Hall–Kier alpha value is -4.25. The molecule has 0 unspecified atom stereocenters. The van der Waals surface area contributed by atoms with Crippen LogP contribution >= 0.6 is 23.8 Å². The number of nitrogens with one attached hydrogen (secondary N) is 2. The maximum atomic E-state index is 12.1. The highest BCUT2D eigenvalue weighted by Crippen LogP contribution is 2.44. The third-order valence-corrected chi connectivity index (χ3v) is 7.65. The van der Waals surface area contributed by atoms with Gasteiger partial charge in [0.25, 0.3) is 0 Å². The molecule has 11 heteroatoms. The number of ether oxygens (including phenoxy) is 1. The second-order valence-corrected chi connectivity index (χ2v) is 10.5. The van der Waals surface area contributed by atoms with Crippen LogP contribution in [0.15, 0.2) is 72.9 Å². The first-order chi connectivity index (χ1) is 19.7. The van der Waals surface area contributed by atoms with Crippen LogP contribution in [-0.2, 0) is 9.53 Å². The van der Waals surface area contributed by atoms with Gasteiger partial charge in [-0.1, -0.05) is 23.7 Å². The highest BCUT2D eigenvalue weighted by atomic mass is 35.5. The van der Waals surface area contributed by atoms with Gasteiger partial charge in [-0.25, -0.2) is 4.79 Å². The number of anilines is 2. The number of hydrogen-bond donors (Lipinski definition) is 3. The minimum absolute atomic E-state index is 0.0863. The van der Waals surface area contributed by atoms with E-state index in [1.165, 1.54) is 7.11 Å². The molecule has 1 saturated heterocycles. The molecule has 1 aliphatic heterocycles. The van der Waals surface area contributed by atoms with Gasteiger partial charge in [0, 0.05) is 36.1 Å². The number of rotatable bonds is 8. The van der Waals surface area contributed by atoms with Crippen LogP contribution in [0.2, 0.25) is 5.02 Å². The summed E-state index contributed by atoms with van der Waals surface area (Å²) in [6.07, 6.45) is 1.74. The van der Waals surface area contributed by atoms with E-state index in [-0.39, 0.29) is 30.2 Å². The quantitative estimate of drug-likeness (QED) is 0.228. The Kier molecular flexibility index (Phi) is 8.07. The average Bonchev–Trinajstić information content (AvgIpc) is 3.45. The zero-order chi connectivity index (χ0) is 29.3. The topological polar surface area (TPSA) is 109 Å². The monoisotopic (exact) mass is 589 g/mol. The lowest BCUT2D eigenvalue weighted by Gasteiger charge is -2.28. The van der Waals surface area contributed by atoms with Gasteiger partial charge in [-0.2, -0.15) is 0 Å². The molecule has 3 N–H and O–H groups in total. The van der Waals surface area contributed by atoms with Crippen LogP contribution in [0.25, 0.3) is 5.69 Å². The summed E-state index contributed by atoms with van der Waals surface area (Å²) in [6.45, 7) is 3.91. The number of methoxy groups -OCH3 is 1. The second kappa shape index (κ2) is 11.7. The molecule has 9 nitrogen and oxygen atoms in total. The van der Waals surface area contributed by atoms with Gasteiger partial charge in [-0.05, 0) is 86.2 Å². The summed E-state index contributed by atoms with van der Waals surface area (Å²) in [4.78, 5) is 30.3. The first-order valence-corrected chi connectivity index (χ1v) is 13.6. The highest BCUT2D eigenvalue weighted by Gasteiger charge is 2.42. The zero-order valence-electron chi connectivity index (χ0n) is 22.6. The number of pyridine rings is 1. The number of nitrogens with zero attached hydrogens (tertiary/aromatic N) is 3. The SMILES string of the molecule is COCC(=O)Nc1ccc(N2C(=S)N[C@@H](c3ccccn3)[C@@H]2c2cc(C)n(-c3cccc(C(=O)O)c3)c2C)cc1Cl. The molecule has 41 heavy (non-hydrogen) atoms. The maximum absolute atomic E-state index is 12.1. The summed E-state index contributed by atoms with van der Waals surface area (Å²) in [6, 6.07) is 19.4. The van der Waals surface area contributed by atoms with Crippen LogP contribution in [-0.4, -0.2) is 45.4 Å². The smallest absolute Gasteiger partial charge is 0.335 e. The number of aromatic carboxylic acids is 1. The predicted molar refractivity (Wildman–Crippen MR) is 162 cm³/mol. The van der Waals surface area contributed by atoms with Crippen molar-refractivity contribution >= 4 is 52.2 Å². The molecule has 0 bridgehead atoms. The minimum atomic E-state index is -0.986. The van der Waals surface area contributed by atoms with Crippen LogP contribution in [0, 0.1) is 13.8 Å². The van der Waals surface area contributed by atoms with E-state index >= 15 is 0 Å². The van der Waals surface area contributed by atoms with E-state index < -0.39 is 5.97 Å². The zero-order valence-corrected chi connectivity index (χ0v) is 24.2. The van der Waals surface area contributed by atoms with Gasteiger partial charge in [0.1, 0.15) is 6.61 Å². The largest absolute Gasteiger partial charge is 0.478 e. The molecule has 2 atom stereocenters. The van der Waals surface area contributed by atoms with Gasteiger partial charge in [0.15, 0.2) is 5.11 Å².